The highest BCUT2D eigenvalue weighted by Gasteiger charge is 2.31. The van der Waals surface area contributed by atoms with E-state index >= 15 is 0 Å². The number of nitrogens with two attached hydrogens (primary N) is 1. The Morgan fingerprint density at radius 2 is 1.75 bits per heavy atom. The Kier molecular flexibility index (Phi) is 6.27. The Morgan fingerprint density at radius 1 is 1.10 bits per heavy atom. The summed E-state index contributed by atoms with van der Waals surface area (Å²) in [5, 5.41) is 8.99. The standard InChI is InChI=1S/C16H33N3O/c1-13(2)14-3-4-16(17)15(11-14)12-19-7-5-18(6-8-19)9-10-20/h13-16,20H,3-12,17H2,1-2H3. The zero-order valence-corrected chi connectivity index (χ0v) is 13.3. The van der Waals surface area contributed by atoms with Crippen LogP contribution in [0.2, 0.25) is 0 Å². The molecule has 1 saturated carbocycles. The molecule has 0 aromatic rings. The van der Waals surface area contributed by atoms with Crippen molar-refractivity contribution in [1.29, 1.82) is 0 Å². The molecule has 2 rings (SSSR count). The highest BCUT2D eigenvalue weighted by Crippen LogP contribution is 2.33. The van der Waals surface area contributed by atoms with Gasteiger partial charge in [-0.05, 0) is 37.0 Å². The van der Waals surface area contributed by atoms with Crippen molar-refractivity contribution < 1.29 is 5.11 Å². The summed E-state index contributed by atoms with van der Waals surface area (Å²) in [4.78, 5) is 4.94. The lowest BCUT2D eigenvalue weighted by atomic mass is 9.73. The molecule has 3 atom stereocenters. The van der Waals surface area contributed by atoms with Crippen molar-refractivity contribution in [2.45, 2.75) is 39.2 Å². The third-order valence-electron chi connectivity index (χ3n) is 5.40. The molecule has 2 aliphatic rings. The monoisotopic (exact) mass is 283 g/mol. The molecule has 118 valence electrons. The van der Waals surface area contributed by atoms with E-state index in [9.17, 15) is 0 Å². The maximum Gasteiger partial charge on any atom is 0.0558 e. The van der Waals surface area contributed by atoms with Gasteiger partial charge in [-0.2, -0.15) is 0 Å². The van der Waals surface area contributed by atoms with E-state index in [0.717, 1.165) is 44.6 Å². The Labute approximate surface area is 124 Å². The van der Waals surface area contributed by atoms with Crippen LogP contribution in [0.1, 0.15) is 33.1 Å². The van der Waals surface area contributed by atoms with E-state index in [4.69, 9.17) is 10.8 Å². The van der Waals surface area contributed by atoms with Gasteiger partial charge in [0.25, 0.3) is 0 Å². The minimum atomic E-state index is 0.281. The van der Waals surface area contributed by atoms with Gasteiger partial charge in [0, 0.05) is 45.3 Å². The van der Waals surface area contributed by atoms with E-state index < -0.39 is 0 Å². The molecule has 20 heavy (non-hydrogen) atoms. The number of nitrogens with zero attached hydrogens (tertiary/aromatic N) is 2. The molecule has 4 heteroatoms. The Morgan fingerprint density at radius 3 is 2.35 bits per heavy atom. The number of hydrogen-bond acceptors (Lipinski definition) is 4. The molecule has 0 aromatic carbocycles. The highest BCUT2D eigenvalue weighted by molar-refractivity contribution is 4.86. The van der Waals surface area contributed by atoms with Crippen molar-refractivity contribution in [3.63, 3.8) is 0 Å². The van der Waals surface area contributed by atoms with Crippen LogP contribution in [-0.4, -0.2) is 66.8 Å². The maximum atomic E-state index is 8.99. The maximum absolute atomic E-state index is 8.99. The molecular formula is C16H33N3O. The Hall–Kier alpha value is -0.160. The average Bonchev–Trinajstić information content (AvgIpc) is 2.43. The van der Waals surface area contributed by atoms with Gasteiger partial charge in [-0.3, -0.25) is 4.90 Å². The van der Waals surface area contributed by atoms with Crippen molar-refractivity contribution in [2.75, 3.05) is 45.9 Å². The number of aliphatic hydroxyl groups is 1. The highest BCUT2D eigenvalue weighted by atomic mass is 16.3. The van der Waals surface area contributed by atoms with Crippen LogP contribution in [0.4, 0.5) is 0 Å². The Balaban J connectivity index is 1.77. The number of β-amino-alcohol motifs (C(OH)–C–C–N with tert-alkyl or cyclic N) is 1. The minimum Gasteiger partial charge on any atom is -0.395 e. The van der Waals surface area contributed by atoms with Gasteiger partial charge in [0.2, 0.25) is 0 Å². The number of aliphatic hydroxyl groups excluding tert-OH is 1. The molecule has 0 amide bonds. The van der Waals surface area contributed by atoms with Crippen molar-refractivity contribution in [3.05, 3.63) is 0 Å². The SMILES string of the molecule is CC(C)C1CCC(N)C(CN2CCN(CCO)CC2)C1. The first kappa shape index (κ1) is 16.2. The molecule has 1 aliphatic heterocycles. The first-order valence-electron chi connectivity index (χ1n) is 8.41. The van der Waals surface area contributed by atoms with Crippen LogP contribution in [0.3, 0.4) is 0 Å². The fourth-order valence-corrected chi connectivity index (χ4v) is 3.81. The Bertz CT molecular complexity index is 277. The molecule has 0 radical (unpaired) electrons. The molecule has 0 aromatic heterocycles. The second-order valence-corrected chi connectivity index (χ2v) is 7.11. The molecule has 0 bridgehead atoms. The van der Waals surface area contributed by atoms with E-state index in [1.807, 2.05) is 0 Å². The molecule has 3 N–H and O–H groups in total. The fraction of sp³-hybridized carbons (Fsp3) is 1.00. The first-order valence-corrected chi connectivity index (χ1v) is 8.41. The van der Waals surface area contributed by atoms with Crippen LogP contribution in [0.5, 0.6) is 0 Å². The van der Waals surface area contributed by atoms with E-state index in [1.54, 1.807) is 0 Å². The summed E-state index contributed by atoms with van der Waals surface area (Å²) in [5.74, 6) is 2.35. The van der Waals surface area contributed by atoms with E-state index in [1.165, 1.54) is 25.8 Å². The van der Waals surface area contributed by atoms with Gasteiger partial charge in [0.15, 0.2) is 0 Å². The lowest BCUT2D eigenvalue weighted by molar-refractivity contribution is 0.0803. The fourth-order valence-electron chi connectivity index (χ4n) is 3.81. The summed E-state index contributed by atoms with van der Waals surface area (Å²) in [6, 6.07) is 0.403. The summed E-state index contributed by atoms with van der Waals surface area (Å²) in [6.07, 6.45) is 3.84. The van der Waals surface area contributed by atoms with Crippen LogP contribution in [0, 0.1) is 17.8 Å². The van der Waals surface area contributed by atoms with Gasteiger partial charge in [0.05, 0.1) is 6.61 Å². The lowest BCUT2D eigenvalue weighted by Crippen LogP contribution is -2.51. The van der Waals surface area contributed by atoms with E-state index in [-0.39, 0.29) is 6.61 Å². The summed E-state index contributed by atoms with van der Waals surface area (Å²) in [6.45, 7) is 11.4. The number of rotatable bonds is 5. The molecule has 0 spiro atoms. The largest absolute Gasteiger partial charge is 0.395 e. The van der Waals surface area contributed by atoms with Crippen molar-refractivity contribution in [2.24, 2.45) is 23.5 Å². The van der Waals surface area contributed by atoms with E-state index in [2.05, 4.69) is 23.6 Å². The summed E-state index contributed by atoms with van der Waals surface area (Å²) >= 11 is 0. The van der Waals surface area contributed by atoms with Gasteiger partial charge < -0.3 is 15.7 Å². The predicted octanol–water partition coefficient (Wildman–Crippen LogP) is 0.996. The number of hydrogen-bond donors (Lipinski definition) is 2. The van der Waals surface area contributed by atoms with E-state index in [0.29, 0.717) is 12.0 Å². The van der Waals surface area contributed by atoms with Crippen LogP contribution >= 0.6 is 0 Å². The van der Waals surface area contributed by atoms with Crippen molar-refractivity contribution >= 4 is 0 Å². The van der Waals surface area contributed by atoms with Gasteiger partial charge >= 0.3 is 0 Å². The zero-order chi connectivity index (χ0) is 14.5. The summed E-state index contributed by atoms with van der Waals surface area (Å²) in [7, 11) is 0. The van der Waals surface area contributed by atoms with Gasteiger partial charge in [-0.25, -0.2) is 0 Å². The molecule has 1 saturated heterocycles. The average molecular weight is 283 g/mol. The van der Waals surface area contributed by atoms with Crippen LogP contribution < -0.4 is 5.73 Å². The zero-order valence-electron chi connectivity index (χ0n) is 13.3. The third-order valence-corrected chi connectivity index (χ3v) is 5.40. The quantitative estimate of drug-likeness (QED) is 0.790. The second-order valence-electron chi connectivity index (χ2n) is 7.11. The lowest BCUT2D eigenvalue weighted by Gasteiger charge is -2.41. The molecule has 1 heterocycles. The molecule has 4 nitrogen and oxygen atoms in total. The summed E-state index contributed by atoms with van der Waals surface area (Å²) < 4.78 is 0. The molecule has 3 unspecified atom stereocenters. The van der Waals surface area contributed by atoms with Crippen LogP contribution in [0.25, 0.3) is 0 Å². The van der Waals surface area contributed by atoms with Crippen molar-refractivity contribution in [3.8, 4) is 0 Å². The topological polar surface area (TPSA) is 52.7 Å². The smallest absolute Gasteiger partial charge is 0.0558 e. The molecular weight excluding hydrogens is 250 g/mol. The van der Waals surface area contributed by atoms with Crippen LogP contribution in [-0.2, 0) is 0 Å². The normalized spacial score (nSPS) is 33.8. The second kappa shape index (κ2) is 7.74. The molecule has 2 fully saturated rings. The first-order chi connectivity index (χ1) is 9.60. The third kappa shape index (κ3) is 4.42. The van der Waals surface area contributed by atoms with Gasteiger partial charge in [0.1, 0.15) is 0 Å². The predicted molar refractivity (Wildman–Crippen MR) is 83.6 cm³/mol. The molecule has 1 aliphatic carbocycles. The summed E-state index contributed by atoms with van der Waals surface area (Å²) in [5.41, 5.74) is 6.36. The van der Waals surface area contributed by atoms with Gasteiger partial charge in [-0.15, -0.1) is 0 Å². The van der Waals surface area contributed by atoms with Gasteiger partial charge in [-0.1, -0.05) is 13.8 Å². The van der Waals surface area contributed by atoms with Crippen LogP contribution in [0.15, 0.2) is 0 Å². The minimum absolute atomic E-state index is 0.281. The number of piperazine rings is 1. The van der Waals surface area contributed by atoms with Crippen molar-refractivity contribution in [1.82, 2.24) is 9.80 Å².